The van der Waals surface area contributed by atoms with Gasteiger partial charge in [0.15, 0.2) is 0 Å². The minimum atomic E-state index is -0.288. The van der Waals surface area contributed by atoms with Crippen molar-refractivity contribution in [3.8, 4) is 0 Å². The van der Waals surface area contributed by atoms with Gasteiger partial charge in [0.1, 0.15) is 5.82 Å². The van der Waals surface area contributed by atoms with Gasteiger partial charge in [-0.3, -0.25) is 0 Å². The normalized spacial score (nSPS) is 12.5. The van der Waals surface area contributed by atoms with E-state index in [0.29, 0.717) is 10.6 Å². The molecular formula is C14H9Br3ClF. The maximum atomic E-state index is 13.4. The second-order valence-corrected chi connectivity index (χ2v) is 7.34. The molecule has 0 nitrogen and oxygen atoms in total. The van der Waals surface area contributed by atoms with Gasteiger partial charge in [0.05, 0.1) is 4.83 Å². The average molecular weight is 471 g/mol. The molecule has 0 amide bonds. The molecule has 5 heteroatoms. The third kappa shape index (κ3) is 3.60. The van der Waals surface area contributed by atoms with E-state index in [1.54, 1.807) is 13.0 Å². The van der Waals surface area contributed by atoms with E-state index in [1.807, 2.05) is 18.2 Å². The Morgan fingerprint density at radius 2 is 1.63 bits per heavy atom. The summed E-state index contributed by atoms with van der Waals surface area (Å²) >= 11 is 16.7. The largest absolute Gasteiger partial charge is 0.207 e. The van der Waals surface area contributed by atoms with Gasteiger partial charge < -0.3 is 0 Å². The zero-order valence-electron chi connectivity index (χ0n) is 9.85. The number of hydrogen-bond donors (Lipinski definition) is 0. The zero-order valence-corrected chi connectivity index (χ0v) is 15.4. The van der Waals surface area contributed by atoms with Crippen molar-refractivity contribution < 1.29 is 4.39 Å². The molecule has 0 heterocycles. The third-order valence-corrected chi connectivity index (χ3v) is 4.99. The van der Waals surface area contributed by atoms with Gasteiger partial charge >= 0.3 is 0 Å². The SMILES string of the molecule is Cc1cc(C(Br)c2cc(Br)cc(Br)c2)c(Cl)cc1F. The van der Waals surface area contributed by atoms with Gasteiger partial charge in [-0.1, -0.05) is 65.5 Å². The summed E-state index contributed by atoms with van der Waals surface area (Å²) in [4.78, 5) is -0.0897. The van der Waals surface area contributed by atoms with Crippen LogP contribution in [0.25, 0.3) is 0 Å². The number of hydrogen-bond acceptors (Lipinski definition) is 0. The van der Waals surface area contributed by atoms with Crippen LogP contribution in [0.3, 0.4) is 0 Å². The number of rotatable bonds is 2. The molecule has 0 radical (unpaired) electrons. The van der Waals surface area contributed by atoms with Crippen LogP contribution in [0.2, 0.25) is 5.02 Å². The van der Waals surface area contributed by atoms with E-state index in [9.17, 15) is 4.39 Å². The Bertz CT molecular complexity index is 608. The monoisotopic (exact) mass is 468 g/mol. The van der Waals surface area contributed by atoms with Crippen molar-refractivity contribution in [1.29, 1.82) is 0 Å². The zero-order chi connectivity index (χ0) is 14.2. The van der Waals surface area contributed by atoms with E-state index in [2.05, 4.69) is 47.8 Å². The molecule has 0 fully saturated rings. The van der Waals surface area contributed by atoms with Gasteiger partial charge in [-0.25, -0.2) is 4.39 Å². The van der Waals surface area contributed by atoms with E-state index in [4.69, 9.17) is 11.6 Å². The highest BCUT2D eigenvalue weighted by atomic mass is 79.9. The van der Waals surface area contributed by atoms with Crippen LogP contribution in [0, 0.1) is 12.7 Å². The first-order chi connectivity index (χ1) is 8.88. The molecule has 0 aliphatic rings. The average Bonchev–Trinajstić information content (AvgIpc) is 2.31. The molecule has 100 valence electrons. The summed E-state index contributed by atoms with van der Waals surface area (Å²) in [6, 6.07) is 9.08. The molecule has 1 unspecified atom stereocenters. The molecule has 19 heavy (non-hydrogen) atoms. The highest BCUT2D eigenvalue weighted by Gasteiger charge is 2.16. The van der Waals surface area contributed by atoms with Gasteiger partial charge in [0.2, 0.25) is 0 Å². The predicted molar refractivity (Wildman–Crippen MR) is 88.8 cm³/mol. The maximum Gasteiger partial charge on any atom is 0.127 e. The second-order valence-electron chi connectivity index (χ2n) is 4.19. The quantitative estimate of drug-likeness (QED) is 0.423. The highest BCUT2D eigenvalue weighted by Crippen LogP contribution is 2.38. The summed E-state index contributed by atoms with van der Waals surface area (Å²) in [6.45, 7) is 1.73. The van der Waals surface area contributed by atoms with E-state index in [1.165, 1.54) is 6.07 Å². The van der Waals surface area contributed by atoms with Gasteiger partial charge in [-0.2, -0.15) is 0 Å². The Kier molecular flexibility index (Phi) is 5.09. The minimum absolute atomic E-state index is 0.0897. The fourth-order valence-electron chi connectivity index (χ4n) is 1.77. The van der Waals surface area contributed by atoms with Gasteiger partial charge in [0.25, 0.3) is 0 Å². The van der Waals surface area contributed by atoms with E-state index in [0.717, 1.165) is 20.1 Å². The molecule has 0 saturated heterocycles. The van der Waals surface area contributed by atoms with Crippen molar-refractivity contribution in [2.24, 2.45) is 0 Å². The molecule has 0 aliphatic heterocycles. The molecule has 2 rings (SSSR count). The molecule has 0 N–H and O–H groups in total. The molecule has 0 aromatic heterocycles. The lowest BCUT2D eigenvalue weighted by Crippen LogP contribution is -1.97. The van der Waals surface area contributed by atoms with Crippen LogP contribution in [0.1, 0.15) is 21.5 Å². The van der Waals surface area contributed by atoms with Crippen LogP contribution < -0.4 is 0 Å². The van der Waals surface area contributed by atoms with Gasteiger partial charge in [-0.05, 0) is 47.9 Å². The predicted octanol–water partition coefficient (Wildman–Crippen LogP) is 6.80. The van der Waals surface area contributed by atoms with E-state index in [-0.39, 0.29) is 10.6 Å². The Morgan fingerprint density at radius 1 is 1.05 bits per heavy atom. The Balaban J connectivity index is 2.49. The van der Waals surface area contributed by atoms with Crippen molar-refractivity contribution in [3.63, 3.8) is 0 Å². The molecule has 0 saturated carbocycles. The number of aryl methyl sites for hydroxylation is 1. The molecule has 0 aliphatic carbocycles. The summed E-state index contributed by atoms with van der Waals surface area (Å²) in [5.74, 6) is -0.288. The van der Waals surface area contributed by atoms with E-state index >= 15 is 0 Å². The molecule has 2 aromatic carbocycles. The lowest BCUT2D eigenvalue weighted by atomic mass is 10.0. The first-order valence-electron chi connectivity index (χ1n) is 5.44. The van der Waals surface area contributed by atoms with Crippen LogP contribution in [-0.2, 0) is 0 Å². The van der Waals surface area contributed by atoms with Crippen molar-refractivity contribution in [2.75, 3.05) is 0 Å². The third-order valence-electron chi connectivity index (χ3n) is 2.73. The van der Waals surface area contributed by atoms with Gasteiger partial charge in [0, 0.05) is 14.0 Å². The molecule has 0 spiro atoms. The Hall–Kier alpha value is 0.1000. The number of benzene rings is 2. The van der Waals surface area contributed by atoms with Crippen LogP contribution in [0.4, 0.5) is 4.39 Å². The lowest BCUT2D eigenvalue weighted by molar-refractivity contribution is 0.618. The van der Waals surface area contributed by atoms with Crippen LogP contribution in [-0.4, -0.2) is 0 Å². The summed E-state index contributed by atoms with van der Waals surface area (Å²) in [7, 11) is 0. The smallest absolute Gasteiger partial charge is 0.127 e. The fraction of sp³-hybridized carbons (Fsp3) is 0.143. The Morgan fingerprint density at radius 3 is 2.21 bits per heavy atom. The summed E-state index contributed by atoms with van der Waals surface area (Å²) in [5.41, 5.74) is 2.47. The maximum absolute atomic E-state index is 13.4. The summed E-state index contributed by atoms with van der Waals surface area (Å²) in [5, 5.41) is 0.418. The van der Waals surface area contributed by atoms with E-state index < -0.39 is 0 Å². The molecule has 2 aromatic rings. The first kappa shape index (κ1) is 15.5. The second kappa shape index (κ2) is 6.25. The van der Waals surface area contributed by atoms with Crippen molar-refractivity contribution in [1.82, 2.24) is 0 Å². The molecule has 1 atom stereocenters. The van der Waals surface area contributed by atoms with Crippen LogP contribution >= 0.6 is 59.4 Å². The Labute approximate surface area is 141 Å². The van der Waals surface area contributed by atoms with Crippen molar-refractivity contribution >= 4 is 59.4 Å². The van der Waals surface area contributed by atoms with Crippen molar-refractivity contribution in [3.05, 3.63) is 66.8 Å². The topological polar surface area (TPSA) is 0 Å². The summed E-state index contributed by atoms with van der Waals surface area (Å²) in [6.07, 6.45) is 0. The van der Waals surface area contributed by atoms with Crippen LogP contribution in [0.5, 0.6) is 0 Å². The fourth-order valence-corrected chi connectivity index (χ4v) is 4.14. The number of halogens is 5. The summed E-state index contributed by atoms with van der Waals surface area (Å²) < 4.78 is 15.4. The molecular weight excluding hydrogens is 462 g/mol. The van der Waals surface area contributed by atoms with Crippen LogP contribution in [0.15, 0.2) is 39.3 Å². The van der Waals surface area contributed by atoms with Crippen molar-refractivity contribution in [2.45, 2.75) is 11.8 Å². The molecule has 0 bridgehead atoms. The standard InChI is InChI=1S/C14H9Br3ClF/c1-7-2-11(12(18)6-13(7)19)14(17)8-3-9(15)5-10(16)4-8/h2-6,14H,1H3. The lowest BCUT2D eigenvalue weighted by Gasteiger charge is -2.15. The first-order valence-corrected chi connectivity index (χ1v) is 8.32. The van der Waals surface area contributed by atoms with Gasteiger partial charge in [-0.15, -0.1) is 0 Å². The minimum Gasteiger partial charge on any atom is -0.207 e. The number of alkyl halides is 1. The highest BCUT2D eigenvalue weighted by molar-refractivity contribution is 9.11.